The second-order valence-electron chi connectivity index (χ2n) is 4.21. The van der Waals surface area contributed by atoms with E-state index in [9.17, 15) is 8.42 Å². The fourth-order valence-electron chi connectivity index (χ4n) is 1.73. The van der Waals surface area contributed by atoms with Gasteiger partial charge in [-0.15, -0.1) is 11.3 Å². The molecule has 1 heterocycles. The van der Waals surface area contributed by atoms with E-state index < -0.39 is 10.0 Å². The summed E-state index contributed by atoms with van der Waals surface area (Å²) >= 11 is 1.68. The van der Waals surface area contributed by atoms with Crippen molar-refractivity contribution in [2.75, 3.05) is 6.54 Å². The highest BCUT2D eigenvalue weighted by Crippen LogP contribution is 2.17. The summed E-state index contributed by atoms with van der Waals surface area (Å²) in [5.74, 6) is 0. The molecule has 0 bridgehead atoms. The topological polar surface area (TPSA) is 70.0 Å². The van der Waals surface area contributed by atoms with Crippen molar-refractivity contribution >= 4 is 21.4 Å². The van der Waals surface area contributed by atoms with Crippen LogP contribution in [-0.4, -0.2) is 15.0 Å². The Bertz CT molecular complexity index is 684. The third-order valence-electron chi connectivity index (χ3n) is 2.72. The summed E-state index contributed by atoms with van der Waals surface area (Å²) < 4.78 is 26.2. The van der Waals surface area contributed by atoms with Crippen LogP contribution >= 0.6 is 11.3 Å². The van der Waals surface area contributed by atoms with Gasteiger partial charge in [-0.3, -0.25) is 0 Å². The maximum atomic E-state index is 11.9. The van der Waals surface area contributed by atoms with Gasteiger partial charge in [-0.1, -0.05) is 18.2 Å². The lowest BCUT2D eigenvalue weighted by atomic mass is 10.1. The number of nitrogens with zero attached hydrogens (tertiary/aromatic N) is 1. The predicted molar refractivity (Wildman–Crippen MR) is 79.0 cm³/mol. The largest absolute Gasteiger partial charge is 0.240 e. The first-order chi connectivity index (χ1) is 9.62. The Balaban J connectivity index is 2.06. The van der Waals surface area contributed by atoms with Crippen LogP contribution in [0.4, 0.5) is 0 Å². The van der Waals surface area contributed by atoms with Gasteiger partial charge in [0.2, 0.25) is 10.0 Å². The third-order valence-corrected chi connectivity index (χ3v) is 5.07. The molecule has 0 aliphatic carbocycles. The van der Waals surface area contributed by atoms with Gasteiger partial charge >= 0.3 is 0 Å². The molecule has 20 heavy (non-hydrogen) atoms. The van der Waals surface area contributed by atoms with Crippen LogP contribution in [0.5, 0.6) is 0 Å². The lowest BCUT2D eigenvalue weighted by molar-refractivity contribution is 0.582. The minimum absolute atomic E-state index is 0.135. The molecule has 0 spiro atoms. The fraction of sp³-hybridized carbons (Fsp3) is 0.214. The second kappa shape index (κ2) is 6.66. The molecular formula is C14H14N2O2S2. The fourth-order valence-corrected chi connectivity index (χ4v) is 3.50. The molecule has 1 N–H and O–H groups in total. The number of nitrogens with one attached hydrogen (secondary N) is 1. The van der Waals surface area contributed by atoms with Gasteiger partial charge < -0.3 is 0 Å². The minimum Gasteiger partial charge on any atom is -0.210 e. The molecule has 4 nitrogen and oxygen atoms in total. The maximum absolute atomic E-state index is 11.9. The van der Waals surface area contributed by atoms with Crippen molar-refractivity contribution in [2.45, 2.75) is 17.7 Å². The standard InChI is InChI=1S/C14H14N2O2S2/c15-8-2-9-16-20(17,18)14-6-4-12(5-7-14)11-13-3-1-10-19-13/h1,3-7,10,16H,2,9,11H2. The van der Waals surface area contributed by atoms with Crippen LogP contribution < -0.4 is 4.72 Å². The maximum Gasteiger partial charge on any atom is 0.240 e. The molecule has 0 unspecified atom stereocenters. The van der Waals surface area contributed by atoms with Crippen LogP contribution in [-0.2, 0) is 16.4 Å². The average molecular weight is 306 g/mol. The first-order valence-corrected chi connectivity index (χ1v) is 8.46. The van der Waals surface area contributed by atoms with Crippen LogP contribution in [0.25, 0.3) is 0 Å². The predicted octanol–water partition coefficient (Wildman–Crippen LogP) is 2.53. The number of sulfonamides is 1. The molecule has 0 fully saturated rings. The van der Waals surface area contributed by atoms with E-state index in [1.165, 1.54) is 4.88 Å². The van der Waals surface area contributed by atoms with Gasteiger partial charge in [0, 0.05) is 24.3 Å². The molecule has 1 aromatic carbocycles. The summed E-state index contributed by atoms with van der Waals surface area (Å²) in [7, 11) is -3.51. The van der Waals surface area contributed by atoms with Gasteiger partial charge in [-0.25, -0.2) is 13.1 Å². The van der Waals surface area contributed by atoms with E-state index in [0.717, 1.165) is 12.0 Å². The molecule has 6 heteroatoms. The van der Waals surface area contributed by atoms with Crippen LogP contribution in [0.2, 0.25) is 0 Å². The van der Waals surface area contributed by atoms with Crippen molar-refractivity contribution < 1.29 is 8.42 Å². The number of thiophene rings is 1. The van der Waals surface area contributed by atoms with Crippen molar-refractivity contribution in [3.05, 3.63) is 52.2 Å². The Hall–Kier alpha value is -1.68. The summed E-state index contributed by atoms with van der Waals surface area (Å²) in [6, 6.07) is 12.8. The zero-order chi connectivity index (χ0) is 14.4. The lowest BCUT2D eigenvalue weighted by Crippen LogP contribution is -2.24. The summed E-state index contributed by atoms with van der Waals surface area (Å²) in [6.07, 6.45) is 0.968. The molecular weight excluding hydrogens is 292 g/mol. The van der Waals surface area contributed by atoms with Crippen molar-refractivity contribution in [2.24, 2.45) is 0 Å². The average Bonchev–Trinajstić information content (AvgIpc) is 2.92. The molecule has 2 aromatic rings. The molecule has 2 rings (SSSR count). The SMILES string of the molecule is N#CCCNS(=O)(=O)c1ccc(Cc2cccs2)cc1. The minimum atomic E-state index is -3.51. The highest BCUT2D eigenvalue weighted by atomic mass is 32.2. The van der Waals surface area contributed by atoms with Crippen molar-refractivity contribution in [3.63, 3.8) is 0 Å². The number of hydrogen-bond acceptors (Lipinski definition) is 4. The van der Waals surface area contributed by atoms with Gasteiger partial charge in [-0.2, -0.15) is 5.26 Å². The van der Waals surface area contributed by atoms with Gasteiger partial charge in [0.15, 0.2) is 0 Å². The van der Waals surface area contributed by atoms with Crippen molar-refractivity contribution in [3.8, 4) is 6.07 Å². The van der Waals surface area contributed by atoms with Crippen LogP contribution in [0, 0.1) is 11.3 Å². The number of benzene rings is 1. The van der Waals surface area contributed by atoms with E-state index in [2.05, 4.69) is 10.8 Å². The van der Waals surface area contributed by atoms with E-state index in [0.29, 0.717) is 0 Å². The van der Waals surface area contributed by atoms with E-state index in [4.69, 9.17) is 5.26 Å². The van der Waals surface area contributed by atoms with Crippen molar-refractivity contribution in [1.82, 2.24) is 4.72 Å². The van der Waals surface area contributed by atoms with E-state index >= 15 is 0 Å². The van der Waals surface area contributed by atoms with Gasteiger partial charge in [0.05, 0.1) is 11.0 Å². The summed E-state index contributed by atoms with van der Waals surface area (Å²) in [5.41, 5.74) is 1.07. The number of hydrogen-bond donors (Lipinski definition) is 1. The number of nitriles is 1. The molecule has 0 aliphatic rings. The zero-order valence-electron chi connectivity index (χ0n) is 10.7. The molecule has 0 aliphatic heterocycles. The Morgan fingerprint density at radius 2 is 1.95 bits per heavy atom. The third kappa shape index (κ3) is 3.90. The Kier molecular flexibility index (Phi) is 4.90. The van der Waals surface area contributed by atoms with Crippen molar-refractivity contribution in [1.29, 1.82) is 5.26 Å². The zero-order valence-corrected chi connectivity index (χ0v) is 12.4. The molecule has 1 aromatic heterocycles. The quantitative estimate of drug-likeness (QED) is 0.834. The van der Waals surface area contributed by atoms with Gasteiger partial charge in [0.25, 0.3) is 0 Å². The molecule has 0 radical (unpaired) electrons. The molecule has 0 atom stereocenters. The van der Waals surface area contributed by atoms with E-state index in [1.807, 2.05) is 29.6 Å². The first-order valence-electron chi connectivity index (χ1n) is 6.10. The van der Waals surface area contributed by atoms with Gasteiger partial charge in [-0.05, 0) is 29.1 Å². The molecule has 0 amide bonds. The number of rotatable bonds is 6. The smallest absolute Gasteiger partial charge is 0.210 e. The first kappa shape index (κ1) is 14.7. The highest BCUT2D eigenvalue weighted by Gasteiger charge is 2.12. The molecule has 0 saturated carbocycles. The normalized spacial score (nSPS) is 11.2. The Labute approximate surface area is 122 Å². The summed E-state index contributed by atoms with van der Waals surface area (Å²) in [4.78, 5) is 1.47. The Morgan fingerprint density at radius 3 is 2.55 bits per heavy atom. The molecule has 0 saturated heterocycles. The molecule has 104 valence electrons. The van der Waals surface area contributed by atoms with Crippen LogP contribution in [0.15, 0.2) is 46.7 Å². The van der Waals surface area contributed by atoms with Gasteiger partial charge in [0.1, 0.15) is 0 Å². The lowest BCUT2D eigenvalue weighted by Gasteiger charge is -2.06. The van der Waals surface area contributed by atoms with E-state index in [-0.39, 0.29) is 17.9 Å². The summed E-state index contributed by atoms with van der Waals surface area (Å²) in [6.45, 7) is 0.135. The Morgan fingerprint density at radius 1 is 1.20 bits per heavy atom. The monoisotopic (exact) mass is 306 g/mol. The summed E-state index contributed by atoms with van der Waals surface area (Å²) in [5, 5.41) is 10.4. The van der Waals surface area contributed by atoms with Crippen LogP contribution in [0.1, 0.15) is 16.9 Å². The second-order valence-corrected chi connectivity index (χ2v) is 7.01. The van der Waals surface area contributed by atoms with Crippen LogP contribution in [0.3, 0.4) is 0 Å². The highest BCUT2D eigenvalue weighted by molar-refractivity contribution is 7.89. The van der Waals surface area contributed by atoms with E-state index in [1.54, 1.807) is 23.5 Å².